The molecule has 2 fully saturated rings. The molecule has 2 N–H and O–H groups in total. The fraction of sp³-hybridized carbons (Fsp3) is 0.562. The van der Waals surface area contributed by atoms with E-state index in [0.717, 1.165) is 12.8 Å². The molecule has 0 amide bonds. The Hall–Kier alpha value is -1.00. The van der Waals surface area contributed by atoms with Crippen molar-refractivity contribution in [3.8, 4) is 0 Å². The van der Waals surface area contributed by atoms with Gasteiger partial charge in [0.2, 0.25) is 0 Å². The molecule has 2 aliphatic carbocycles. The van der Waals surface area contributed by atoms with Gasteiger partial charge in [-0.25, -0.2) is 0 Å². The minimum atomic E-state index is -0.699. The number of benzene rings is 1. The highest BCUT2D eigenvalue weighted by Gasteiger charge is 2.56. The van der Waals surface area contributed by atoms with Gasteiger partial charge in [-0.3, -0.25) is 10.1 Å². The van der Waals surface area contributed by atoms with E-state index >= 15 is 0 Å². The summed E-state index contributed by atoms with van der Waals surface area (Å²) in [6.45, 7) is 0. The highest BCUT2D eigenvalue weighted by Crippen LogP contribution is 2.55. The molecule has 1 saturated heterocycles. The molecule has 3 nitrogen and oxygen atoms in total. The predicted octanol–water partition coefficient (Wildman–Crippen LogP) is 2.30. The number of hydrogen-bond donors (Lipinski definition) is 2. The van der Waals surface area contributed by atoms with Gasteiger partial charge in [0.25, 0.3) is 0 Å². The Labute approximate surface area is 123 Å². The Morgan fingerprint density at radius 3 is 2.30 bits per heavy atom. The van der Waals surface area contributed by atoms with Crippen LogP contribution in [-0.2, 0) is 17.6 Å². The van der Waals surface area contributed by atoms with Gasteiger partial charge in [0, 0.05) is 5.75 Å². The summed E-state index contributed by atoms with van der Waals surface area (Å²) in [6, 6.07) is 8.37. The van der Waals surface area contributed by atoms with Gasteiger partial charge in [0.1, 0.15) is 6.04 Å². The zero-order valence-electron chi connectivity index (χ0n) is 11.3. The molecule has 4 rings (SSSR count). The number of thioether (sulfide) groups is 1. The second-order valence-corrected chi connectivity index (χ2v) is 7.58. The van der Waals surface area contributed by atoms with E-state index in [1.165, 1.54) is 24.0 Å². The van der Waals surface area contributed by atoms with Crippen molar-refractivity contribution < 1.29 is 9.90 Å². The Morgan fingerprint density at radius 1 is 1.20 bits per heavy atom. The lowest BCUT2D eigenvalue weighted by Crippen LogP contribution is -2.51. The first kappa shape index (κ1) is 12.7. The maximum Gasteiger partial charge on any atom is 0.321 e. The molecule has 2 bridgehead atoms. The maximum atomic E-state index is 11.3. The fourth-order valence-corrected chi connectivity index (χ4v) is 6.11. The average Bonchev–Trinajstić information content (AvgIpc) is 2.94. The molecule has 20 heavy (non-hydrogen) atoms. The number of carboxylic acids is 1. The van der Waals surface area contributed by atoms with E-state index in [-0.39, 0.29) is 10.9 Å². The van der Waals surface area contributed by atoms with Crippen LogP contribution in [0.1, 0.15) is 24.0 Å². The van der Waals surface area contributed by atoms with Crippen molar-refractivity contribution in [3.05, 3.63) is 35.4 Å². The van der Waals surface area contributed by atoms with Gasteiger partial charge in [0.15, 0.2) is 0 Å². The minimum Gasteiger partial charge on any atom is -0.480 e. The van der Waals surface area contributed by atoms with E-state index in [2.05, 4.69) is 29.6 Å². The van der Waals surface area contributed by atoms with Gasteiger partial charge in [-0.05, 0) is 48.6 Å². The smallest absolute Gasteiger partial charge is 0.321 e. The molecule has 1 aromatic carbocycles. The molecular formula is C16H19NO2S. The van der Waals surface area contributed by atoms with Crippen LogP contribution in [0.5, 0.6) is 0 Å². The Morgan fingerprint density at radius 2 is 1.80 bits per heavy atom. The van der Waals surface area contributed by atoms with E-state index in [1.807, 2.05) is 11.8 Å². The number of fused-ring (bicyclic) bond motifs is 1. The molecule has 106 valence electrons. The van der Waals surface area contributed by atoms with Crippen LogP contribution >= 0.6 is 11.8 Å². The summed E-state index contributed by atoms with van der Waals surface area (Å²) >= 11 is 1.87. The van der Waals surface area contributed by atoms with Crippen molar-refractivity contribution in [1.82, 2.24) is 5.32 Å². The van der Waals surface area contributed by atoms with Crippen LogP contribution in [0.3, 0.4) is 0 Å². The molecule has 2 unspecified atom stereocenters. The number of rotatable bonds is 1. The number of carbonyl (C=O) groups is 1. The standard InChI is InChI=1S/C16H19NO2S/c18-15(19)14-9-20-16(17-14)12-5-6-13(16)8-11-4-2-1-3-10(11)7-12/h1-4,12-14,17H,5-9H2,(H,18,19)/t12?,13?,14-,16?/m0/s1. The molecular weight excluding hydrogens is 270 g/mol. The van der Waals surface area contributed by atoms with Crippen molar-refractivity contribution in [2.24, 2.45) is 11.8 Å². The highest BCUT2D eigenvalue weighted by molar-refractivity contribution is 8.01. The first-order valence-corrected chi connectivity index (χ1v) is 8.39. The lowest BCUT2D eigenvalue weighted by atomic mass is 9.93. The summed E-state index contributed by atoms with van der Waals surface area (Å²) in [4.78, 5) is 11.3. The molecule has 3 aliphatic rings. The Kier molecular flexibility index (Phi) is 2.86. The van der Waals surface area contributed by atoms with Gasteiger partial charge in [-0.2, -0.15) is 0 Å². The summed E-state index contributed by atoms with van der Waals surface area (Å²) in [5.41, 5.74) is 2.94. The molecule has 0 aromatic heterocycles. The highest BCUT2D eigenvalue weighted by atomic mass is 32.2. The molecule has 3 atom stereocenters. The average molecular weight is 289 g/mol. The zero-order valence-corrected chi connectivity index (χ0v) is 12.2. The summed E-state index contributed by atoms with van der Waals surface area (Å²) in [7, 11) is 0. The first-order valence-electron chi connectivity index (χ1n) is 7.40. The van der Waals surface area contributed by atoms with Crippen LogP contribution in [0.15, 0.2) is 24.3 Å². The van der Waals surface area contributed by atoms with E-state index in [9.17, 15) is 9.90 Å². The molecule has 1 saturated carbocycles. The molecule has 1 aliphatic heterocycles. The summed E-state index contributed by atoms with van der Waals surface area (Å²) in [6.07, 6.45) is 4.65. The van der Waals surface area contributed by atoms with E-state index in [1.54, 1.807) is 0 Å². The van der Waals surface area contributed by atoms with Crippen LogP contribution in [0.25, 0.3) is 0 Å². The lowest BCUT2D eigenvalue weighted by Gasteiger charge is -2.35. The van der Waals surface area contributed by atoms with Crippen molar-refractivity contribution in [2.45, 2.75) is 36.6 Å². The quantitative estimate of drug-likeness (QED) is 0.833. The summed E-state index contributed by atoms with van der Waals surface area (Å²) in [5.74, 6) is 1.16. The van der Waals surface area contributed by atoms with Crippen LogP contribution in [-0.4, -0.2) is 27.7 Å². The summed E-state index contributed by atoms with van der Waals surface area (Å²) < 4.78 is 0. The largest absolute Gasteiger partial charge is 0.480 e. The maximum absolute atomic E-state index is 11.3. The van der Waals surface area contributed by atoms with Crippen molar-refractivity contribution in [3.63, 3.8) is 0 Å². The number of carboxylic acid groups (broad SMARTS) is 1. The number of nitrogens with one attached hydrogen (secondary N) is 1. The monoisotopic (exact) mass is 289 g/mol. The van der Waals surface area contributed by atoms with Gasteiger partial charge >= 0.3 is 5.97 Å². The molecule has 0 radical (unpaired) electrons. The Bertz CT molecular complexity index is 526. The Balaban J connectivity index is 1.69. The van der Waals surface area contributed by atoms with Crippen LogP contribution in [0, 0.1) is 11.8 Å². The molecule has 4 heteroatoms. The predicted molar refractivity (Wildman–Crippen MR) is 79.8 cm³/mol. The van der Waals surface area contributed by atoms with Crippen molar-refractivity contribution >= 4 is 17.7 Å². The number of aliphatic carboxylic acids is 1. The van der Waals surface area contributed by atoms with Gasteiger partial charge in [-0.1, -0.05) is 24.3 Å². The molecule has 1 spiro atoms. The summed E-state index contributed by atoms with van der Waals surface area (Å²) in [5, 5.41) is 12.8. The third-order valence-electron chi connectivity index (χ3n) is 5.31. The minimum absolute atomic E-state index is 0.00206. The van der Waals surface area contributed by atoms with Crippen LogP contribution < -0.4 is 5.32 Å². The zero-order chi connectivity index (χ0) is 13.7. The van der Waals surface area contributed by atoms with Gasteiger partial charge < -0.3 is 5.11 Å². The van der Waals surface area contributed by atoms with E-state index in [0.29, 0.717) is 17.6 Å². The van der Waals surface area contributed by atoms with Crippen LogP contribution in [0.4, 0.5) is 0 Å². The van der Waals surface area contributed by atoms with Crippen molar-refractivity contribution in [2.75, 3.05) is 5.75 Å². The van der Waals surface area contributed by atoms with Gasteiger partial charge in [-0.15, -0.1) is 11.8 Å². The van der Waals surface area contributed by atoms with Crippen molar-refractivity contribution in [1.29, 1.82) is 0 Å². The van der Waals surface area contributed by atoms with Gasteiger partial charge in [0.05, 0.1) is 4.87 Å². The topological polar surface area (TPSA) is 49.3 Å². The third-order valence-corrected chi connectivity index (χ3v) is 7.08. The SMILES string of the molecule is O=C(O)[C@@H]1CSC2(N1)C1CCC2Cc2ccccc2C1. The third kappa shape index (κ3) is 1.74. The second-order valence-electron chi connectivity index (χ2n) is 6.29. The lowest BCUT2D eigenvalue weighted by molar-refractivity contribution is -0.139. The van der Waals surface area contributed by atoms with E-state index < -0.39 is 5.97 Å². The molecule has 1 aromatic rings. The normalized spacial score (nSPS) is 38.7. The van der Waals surface area contributed by atoms with Crippen LogP contribution in [0.2, 0.25) is 0 Å². The second kappa shape index (κ2) is 4.50. The first-order chi connectivity index (χ1) is 9.69. The fourth-order valence-electron chi connectivity index (χ4n) is 4.34. The molecule has 1 heterocycles. The van der Waals surface area contributed by atoms with E-state index in [4.69, 9.17) is 0 Å². The number of hydrogen-bond acceptors (Lipinski definition) is 3.